The highest BCUT2D eigenvalue weighted by Gasteiger charge is 2.26. The van der Waals surface area contributed by atoms with E-state index in [9.17, 15) is 4.79 Å². The summed E-state index contributed by atoms with van der Waals surface area (Å²) in [6.45, 7) is 5.77. The Labute approximate surface area is 155 Å². The lowest BCUT2D eigenvalue weighted by molar-refractivity contribution is -0.135. The van der Waals surface area contributed by atoms with Gasteiger partial charge < -0.3 is 4.90 Å². The first-order chi connectivity index (χ1) is 12.1. The van der Waals surface area contributed by atoms with E-state index in [0.717, 1.165) is 43.2 Å². The van der Waals surface area contributed by atoms with Crippen molar-refractivity contribution in [2.24, 2.45) is 0 Å². The number of hydrogen-bond donors (Lipinski definition) is 0. The summed E-state index contributed by atoms with van der Waals surface area (Å²) in [5.74, 6) is 0.242. The van der Waals surface area contributed by atoms with Crippen molar-refractivity contribution in [2.75, 3.05) is 19.6 Å². The van der Waals surface area contributed by atoms with Crippen LogP contribution in [-0.2, 0) is 17.8 Å². The minimum Gasteiger partial charge on any atom is -0.337 e. The Hall–Kier alpha value is -1.84. The lowest BCUT2D eigenvalue weighted by Gasteiger charge is -2.40. The Morgan fingerprint density at radius 1 is 1.08 bits per heavy atom. The maximum absolute atomic E-state index is 12.6. The number of halogens is 1. The molecule has 0 spiro atoms. The molecule has 3 nitrogen and oxygen atoms in total. The Morgan fingerprint density at radius 3 is 2.56 bits per heavy atom. The van der Waals surface area contributed by atoms with Crippen LogP contribution >= 0.6 is 11.6 Å². The smallest absolute Gasteiger partial charge is 0.223 e. The van der Waals surface area contributed by atoms with Crippen LogP contribution in [0.2, 0.25) is 5.02 Å². The van der Waals surface area contributed by atoms with E-state index in [-0.39, 0.29) is 11.9 Å². The molecule has 0 N–H and O–H groups in total. The Kier molecular flexibility index (Phi) is 6.11. The average Bonchev–Trinajstić information content (AvgIpc) is 2.61. The summed E-state index contributed by atoms with van der Waals surface area (Å²) >= 11 is 6.01. The fourth-order valence-corrected chi connectivity index (χ4v) is 3.69. The molecule has 132 valence electrons. The number of rotatable bonds is 5. The van der Waals surface area contributed by atoms with E-state index >= 15 is 0 Å². The van der Waals surface area contributed by atoms with Crippen LogP contribution in [0.15, 0.2) is 54.6 Å². The van der Waals surface area contributed by atoms with E-state index in [2.05, 4.69) is 36.1 Å². The molecule has 1 fully saturated rings. The predicted octanol–water partition coefficient (Wildman–Crippen LogP) is 4.01. The fourth-order valence-electron chi connectivity index (χ4n) is 3.48. The lowest BCUT2D eigenvalue weighted by Crippen LogP contribution is -2.53. The third-order valence-corrected chi connectivity index (χ3v) is 5.03. The maximum atomic E-state index is 12.6. The highest BCUT2D eigenvalue weighted by atomic mass is 35.5. The SMILES string of the molecule is CC1CN(Cc2ccccc2)CCN1C(=O)CCc1cccc(Cl)c1. The average molecular weight is 357 g/mol. The summed E-state index contributed by atoms with van der Waals surface area (Å²) in [5.41, 5.74) is 2.45. The number of benzene rings is 2. The summed E-state index contributed by atoms with van der Waals surface area (Å²) in [6, 6.07) is 18.5. The van der Waals surface area contributed by atoms with E-state index in [1.807, 2.05) is 35.2 Å². The molecule has 1 atom stereocenters. The van der Waals surface area contributed by atoms with Gasteiger partial charge in [0, 0.05) is 43.7 Å². The summed E-state index contributed by atoms with van der Waals surface area (Å²) in [7, 11) is 0. The molecule has 0 saturated carbocycles. The van der Waals surface area contributed by atoms with Gasteiger partial charge in [-0.2, -0.15) is 0 Å². The standard InChI is InChI=1S/C21H25ClN2O/c1-17-15-23(16-19-6-3-2-4-7-19)12-13-24(17)21(25)11-10-18-8-5-9-20(22)14-18/h2-9,14,17H,10-13,15-16H2,1H3. The molecule has 1 saturated heterocycles. The molecule has 1 heterocycles. The second-order valence-electron chi connectivity index (χ2n) is 6.79. The summed E-state index contributed by atoms with van der Waals surface area (Å²) in [4.78, 5) is 17.1. The molecular formula is C21H25ClN2O. The number of piperazine rings is 1. The highest BCUT2D eigenvalue weighted by molar-refractivity contribution is 6.30. The second kappa shape index (κ2) is 8.50. The van der Waals surface area contributed by atoms with E-state index in [1.54, 1.807) is 0 Å². The largest absolute Gasteiger partial charge is 0.337 e. The number of nitrogens with zero attached hydrogens (tertiary/aromatic N) is 2. The zero-order valence-corrected chi connectivity index (χ0v) is 15.5. The van der Waals surface area contributed by atoms with Gasteiger partial charge in [0.2, 0.25) is 5.91 Å². The minimum atomic E-state index is 0.242. The number of amides is 1. The van der Waals surface area contributed by atoms with Crippen LogP contribution in [-0.4, -0.2) is 41.4 Å². The molecule has 0 radical (unpaired) electrons. The zero-order valence-electron chi connectivity index (χ0n) is 14.7. The predicted molar refractivity (Wildman–Crippen MR) is 103 cm³/mol. The quantitative estimate of drug-likeness (QED) is 0.808. The lowest BCUT2D eigenvalue weighted by atomic mass is 10.1. The van der Waals surface area contributed by atoms with Gasteiger partial charge in [0.05, 0.1) is 0 Å². The van der Waals surface area contributed by atoms with Crippen LogP contribution in [0.5, 0.6) is 0 Å². The van der Waals surface area contributed by atoms with Crippen LogP contribution in [0.1, 0.15) is 24.5 Å². The van der Waals surface area contributed by atoms with Gasteiger partial charge in [0.15, 0.2) is 0 Å². The van der Waals surface area contributed by atoms with Crippen molar-refractivity contribution in [3.8, 4) is 0 Å². The molecule has 0 aliphatic carbocycles. The van der Waals surface area contributed by atoms with Crippen molar-refractivity contribution in [3.05, 3.63) is 70.7 Å². The van der Waals surface area contributed by atoms with Crippen molar-refractivity contribution < 1.29 is 4.79 Å². The summed E-state index contributed by atoms with van der Waals surface area (Å²) in [6.07, 6.45) is 1.29. The van der Waals surface area contributed by atoms with Gasteiger partial charge in [-0.05, 0) is 36.6 Å². The van der Waals surface area contributed by atoms with Gasteiger partial charge in [0.1, 0.15) is 0 Å². The zero-order chi connectivity index (χ0) is 17.6. The van der Waals surface area contributed by atoms with Crippen LogP contribution in [0.25, 0.3) is 0 Å². The Bertz CT molecular complexity index is 704. The first kappa shape index (κ1) is 18.0. The van der Waals surface area contributed by atoms with Gasteiger partial charge >= 0.3 is 0 Å². The number of carbonyl (C=O) groups is 1. The number of hydrogen-bond acceptors (Lipinski definition) is 2. The molecule has 2 aromatic carbocycles. The monoisotopic (exact) mass is 356 g/mol. The van der Waals surface area contributed by atoms with E-state index in [1.165, 1.54) is 5.56 Å². The van der Waals surface area contributed by atoms with Crippen molar-refractivity contribution in [1.29, 1.82) is 0 Å². The minimum absolute atomic E-state index is 0.242. The molecule has 2 aromatic rings. The second-order valence-corrected chi connectivity index (χ2v) is 7.22. The van der Waals surface area contributed by atoms with Gasteiger partial charge in [-0.1, -0.05) is 54.1 Å². The summed E-state index contributed by atoms with van der Waals surface area (Å²) in [5, 5.41) is 0.729. The molecule has 25 heavy (non-hydrogen) atoms. The summed E-state index contributed by atoms with van der Waals surface area (Å²) < 4.78 is 0. The third kappa shape index (κ3) is 5.07. The first-order valence-electron chi connectivity index (χ1n) is 8.92. The van der Waals surface area contributed by atoms with E-state index in [0.29, 0.717) is 6.42 Å². The molecular weight excluding hydrogens is 332 g/mol. The Morgan fingerprint density at radius 2 is 1.84 bits per heavy atom. The molecule has 0 bridgehead atoms. The van der Waals surface area contributed by atoms with Crippen LogP contribution in [0.3, 0.4) is 0 Å². The molecule has 3 rings (SSSR count). The normalized spacial score (nSPS) is 18.3. The molecule has 4 heteroatoms. The van der Waals surface area contributed by atoms with Crippen LogP contribution in [0, 0.1) is 0 Å². The number of carbonyl (C=O) groups excluding carboxylic acids is 1. The number of aryl methyl sites for hydroxylation is 1. The fraction of sp³-hybridized carbons (Fsp3) is 0.381. The molecule has 1 aliphatic heterocycles. The van der Waals surface area contributed by atoms with Gasteiger partial charge in [-0.25, -0.2) is 0 Å². The topological polar surface area (TPSA) is 23.6 Å². The molecule has 1 unspecified atom stereocenters. The Balaban J connectivity index is 1.49. The molecule has 1 amide bonds. The maximum Gasteiger partial charge on any atom is 0.223 e. The first-order valence-corrected chi connectivity index (χ1v) is 9.30. The van der Waals surface area contributed by atoms with Crippen molar-refractivity contribution >= 4 is 17.5 Å². The van der Waals surface area contributed by atoms with Crippen LogP contribution in [0.4, 0.5) is 0 Å². The third-order valence-electron chi connectivity index (χ3n) is 4.80. The van der Waals surface area contributed by atoms with E-state index < -0.39 is 0 Å². The molecule has 0 aromatic heterocycles. The van der Waals surface area contributed by atoms with Gasteiger partial charge in [0.25, 0.3) is 0 Å². The molecule has 1 aliphatic rings. The van der Waals surface area contributed by atoms with Gasteiger partial charge in [-0.15, -0.1) is 0 Å². The van der Waals surface area contributed by atoms with Crippen molar-refractivity contribution in [2.45, 2.75) is 32.4 Å². The van der Waals surface area contributed by atoms with Crippen molar-refractivity contribution in [1.82, 2.24) is 9.80 Å². The van der Waals surface area contributed by atoms with E-state index in [4.69, 9.17) is 11.6 Å². The van der Waals surface area contributed by atoms with Crippen LogP contribution < -0.4 is 0 Å². The van der Waals surface area contributed by atoms with Gasteiger partial charge in [-0.3, -0.25) is 9.69 Å². The van der Waals surface area contributed by atoms with Crippen molar-refractivity contribution in [3.63, 3.8) is 0 Å². The highest BCUT2D eigenvalue weighted by Crippen LogP contribution is 2.16.